The fourth-order valence-electron chi connectivity index (χ4n) is 3.74. The van der Waals surface area contributed by atoms with E-state index in [9.17, 15) is 4.79 Å². The number of aryl methyl sites for hydroxylation is 1. The summed E-state index contributed by atoms with van der Waals surface area (Å²) in [6, 6.07) is 28.6. The largest absolute Gasteiger partial charge is 0.512 e. The first-order valence-corrected chi connectivity index (χ1v) is 10.1. The van der Waals surface area contributed by atoms with Crippen LogP contribution in [0.1, 0.15) is 19.4 Å². The summed E-state index contributed by atoms with van der Waals surface area (Å²) in [7, 11) is 0. The van der Waals surface area contributed by atoms with Gasteiger partial charge in [0.15, 0.2) is 5.78 Å². The quantitative estimate of drug-likeness (QED) is 0.144. The molecule has 32 heavy (non-hydrogen) atoms. The molecule has 0 saturated heterocycles. The van der Waals surface area contributed by atoms with Crippen LogP contribution in [0.3, 0.4) is 0 Å². The van der Waals surface area contributed by atoms with Crippen LogP contribution in [0.5, 0.6) is 0 Å². The molecule has 1 radical (unpaired) electrons. The summed E-state index contributed by atoms with van der Waals surface area (Å²) in [6.45, 7) is 4.95. The van der Waals surface area contributed by atoms with E-state index in [0.717, 1.165) is 22.4 Å². The van der Waals surface area contributed by atoms with Crippen LogP contribution < -0.4 is 0 Å². The number of rotatable bonds is 2. The van der Waals surface area contributed by atoms with Gasteiger partial charge in [-0.3, -0.25) is 4.79 Å². The standard InChI is InChI=1S/C22H15N2.C5H8O2.Ir/c1-15-10-12-19-16(14-15)11-13-22(23-19)24-20-8-4-2-6-17(20)18-7-3-5-9-21(18)24;1-4(6)3-5(2)7;/h2-8,10-14H,1H3;3,6H,1-2H3;/q-1;;/b;4-3-;. The molecule has 0 unspecified atom stereocenters. The van der Waals surface area contributed by atoms with Crippen molar-refractivity contribution < 1.29 is 30.0 Å². The predicted molar refractivity (Wildman–Crippen MR) is 127 cm³/mol. The van der Waals surface area contributed by atoms with Gasteiger partial charge in [0.05, 0.1) is 11.3 Å². The third kappa shape index (κ3) is 4.80. The zero-order chi connectivity index (χ0) is 22.0. The minimum Gasteiger partial charge on any atom is -0.512 e. The molecule has 1 N–H and O–H groups in total. The van der Waals surface area contributed by atoms with Crippen molar-refractivity contribution in [2.45, 2.75) is 20.8 Å². The van der Waals surface area contributed by atoms with E-state index < -0.39 is 0 Å². The van der Waals surface area contributed by atoms with Gasteiger partial charge in [-0.15, -0.1) is 5.39 Å². The molecule has 0 amide bonds. The van der Waals surface area contributed by atoms with Gasteiger partial charge in [-0.25, -0.2) is 4.98 Å². The van der Waals surface area contributed by atoms with Gasteiger partial charge < -0.3 is 9.67 Å². The Morgan fingerprint density at radius 3 is 2.47 bits per heavy atom. The third-order valence-corrected chi connectivity index (χ3v) is 4.96. The first-order valence-electron chi connectivity index (χ1n) is 10.1. The molecule has 0 bridgehead atoms. The molecule has 3 aromatic carbocycles. The van der Waals surface area contributed by atoms with Gasteiger partial charge in [0.1, 0.15) is 5.82 Å². The normalized spacial score (nSPS) is 11.2. The van der Waals surface area contributed by atoms with Gasteiger partial charge >= 0.3 is 0 Å². The van der Waals surface area contributed by atoms with Crippen LogP contribution in [0, 0.1) is 13.0 Å². The molecule has 0 spiro atoms. The van der Waals surface area contributed by atoms with E-state index in [0.29, 0.717) is 0 Å². The van der Waals surface area contributed by atoms with E-state index in [4.69, 9.17) is 10.1 Å². The topological polar surface area (TPSA) is 55.1 Å². The molecule has 0 aliphatic rings. The van der Waals surface area contributed by atoms with Crippen molar-refractivity contribution in [1.29, 1.82) is 0 Å². The summed E-state index contributed by atoms with van der Waals surface area (Å²) in [5.41, 5.74) is 4.49. The molecule has 5 aromatic rings. The number of aliphatic hydroxyl groups excluding tert-OH is 1. The number of fused-ring (bicyclic) bond motifs is 4. The van der Waals surface area contributed by atoms with E-state index >= 15 is 0 Å². The Hall–Kier alpha value is -3.27. The van der Waals surface area contributed by atoms with Crippen LogP contribution >= 0.6 is 0 Å². The van der Waals surface area contributed by atoms with Crippen LogP contribution in [-0.4, -0.2) is 20.4 Å². The maximum atomic E-state index is 10.0. The number of hydrogen-bond acceptors (Lipinski definition) is 3. The molecule has 0 saturated carbocycles. The van der Waals surface area contributed by atoms with Crippen LogP contribution in [0.4, 0.5) is 0 Å². The van der Waals surface area contributed by atoms with E-state index in [2.05, 4.69) is 78.2 Å². The summed E-state index contributed by atoms with van der Waals surface area (Å²) >= 11 is 0. The number of para-hydroxylation sites is 2. The van der Waals surface area contributed by atoms with Crippen molar-refractivity contribution in [3.05, 3.63) is 96.3 Å². The number of hydrogen-bond donors (Lipinski definition) is 1. The van der Waals surface area contributed by atoms with Crippen LogP contribution in [0.15, 0.2) is 84.6 Å². The fraction of sp³-hybridized carbons (Fsp3) is 0.111. The Kier molecular flexibility index (Phi) is 7.24. The van der Waals surface area contributed by atoms with Gasteiger partial charge in [-0.2, -0.15) is 24.3 Å². The summed E-state index contributed by atoms with van der Waals surface area (Å²) < 4.78 is 2.20. The number of allylic oxidation sites excluding steroid dienone is 2. The minimum atomic E-state index is -0.125. The maximum absolute atomic E-state index is 10.0. The Morgan fingerprint density at radius 2 is 1.75 bits per heavy atom. The maximum Gasteiger partial charge on any atom is 0.155 e. The summed E-state index contributed by atoms with van der Waals surface area (Å²) in [5.74, 6) is 0.868. The van der Waals surface area contributed by atoms with Crippen molar-refractivity contribution in [2.75, 3.05) is 0 Å². The summed E-state index contributed by atoms with van der Waals surface area (Å²) in [6.07, 6.45) is 1.17. The van der Waals surface area contributed by atoms with Crippen LogP contribution in [0.2, 0.25) is 0 Å². The Labute approximate surface area is 200 Å². The Morgan fingerprint density at radius 1 is 1.00 bits per heavy atom. The zero-order valence-corrected chi connectivity index (χ0v) is 20.5. The Balaban J connectivity index is 0.000000318. The molecule has 5 heteroatoms. The molecule has 0 aliphatic carbocycles. The van der Waals surface area contributed by atoms with Crippen molar-refractivity contribution in [3.8, 4) is 5.82 Å². The zero-order valence-electron chi connectivity index (χ0n) is 18.1. The molecule has 4 nitrogen and oxygen atoms in total. The second kappa shape index (κ2) is 9.90. The molecule has 2 aromatic heterocycles. The van der Waals surface area contributed by atoms with Crippen molar-refractivity contribution in [3.63, 3.8) is 0 Å². The monoisotopic (exact) mass is 600 g/mol. The van der Waals surface area contributed by atoms with Gasteiger partial charge in [-0.05, 0) is 56.5 Å². The van der Waals surface area contributed by atoms with Gasteiger partial charge in [0.2, 0.25) is 0 Å². The predicted octanol–water partition coefficient (Wildman–Crippen LogP) is 6.48. The number of pyridine rings is 1. The van der Waals surface area contributed by atoms with E-state index in [-0.39, 0.29) is 31.6 Å². The number of carbonyl (C=O) groups excluding carboxylic acids is 1. The second-order valence-electron chi connectivity index (χ2n) is 7.55. The fourth-order valence-corrected chi connectivity index (χ4v) is 3.74. The molecule has 2 heterocycles. The average Bonchev–Trinajstić information content (AvgIpc) is 3.07. The number of ketones is 1. The molecule has 163 valence electrons. The number of aromatic nitrogens is 2. The SMILES string of the molecule is CC(=O)/C=C(/C)O.Cc1ccc2nc(-n3c4[c-]cccc4c4ccccc43)ccc2c1.[Ir]. The molecule has 0 aliphatic heterocycles. The van der Waals surface area contributed by atoms with E-state index in [1.807, 2.05) is 12.1 Å². The van der Waals surface area contributed by atoms with Gasteiger partial charge in [0, 0.05) is 37.1 Å². The van der Waals surface area contributed by atoms with E-state index in [1.165, 1.54) is 41.6 Å². The first kappa shape index (κ1) is 23.4. The molecule has 0 atom stereocenters. The van der Waals surface area contributed by atoms with Gasteiger partial charge in [-0.1, -0.05) is 35.3 Å². The molecule has 0 fully saturated rings. The number of benzene rings is 3. The average molecular weight is 600 g/mol. The van der Waals surface area contributed by atoms with Crippen molar-refractivity contribution in [2.24, 2.45) is 0 Å². The second-order valence-corrected chi connectivity index (χ2v) is 7.55. The molecular formula is C27H23IrN2O2-. The molecule has 5 rings (SSSR count). The van der Waals surface area contributed by atoms with Crippen LogP contribution in [-0.2, 0) is 24.9 Å². The van der Waals surface area contributed by atoms with Gasteiger partial charge in [0.25, 0.3) is 0 Å². The summed E-state index contributed by atoms with van der Waals surface area (Å²) in [4.78, 5) is 14.9. The summed E-state index contributed by atoms with van der Waals surface area (Å²) in [5, 5.41) is 12.0. The third-order valence-electron chi connectivity index (χ3n) is 4.96. The van der Waals surface area contributed by atoms with Crippen molar-refractivity contribution >= 4 is 38.5 Å². The number of carbonyl (C=O) groups is 1. The van der Waals surface area contributed by atoms with Crippen molar-refractivity contribution in [1.82, 2.24) is 9.55 Å². The van der Waals surface area contributed by atoms with Crippen LogP contribution in [0.25, 0.3) is 38.5 Å². The smallest absolute Gasteiger partial charge is 0.155 e. The number of nitrogens with zero attached hydrogens (tertiary/aromatic N) is 2. The van der Waals surface area contributed by atoms with E-state index in [1.54, 1.807) is 0 Å². The number of aliphatic hydroxyl groups is 1. The molecular weight excluding hydrogens is 577 g/mol. The minimum absolute atomic E-state index is 0. The Bertz CT molecular complexity index is 1390. The first-order chi connectivity index (χ1) is 14.9.